The summed E-state index contributed by atoms with van der Waals surface area (Å²) in [6.07, 6.45) is 2.73. The molecule has 0 amide bonds. The van der Waals surface area contributed by atoms with Gasteiger partial charge in [0.05, 0.1) is 10.5 Å². The van der Waals surface area contributed by atoms with Crippen molar-refractivity contribution in [2.24, 2.45) is 17.8 Å². The van der Waals surface area contributed by atoms with Crippen molar-refractivity contribution < 1.29 is 24.0 Å². The van der Waals surface area contributed by atoms with Crippen LogP contribution in [0.1, 0.15) is 50.4 Å². The number of nitro groups is 1. The van der Waals surface area contributed by atoms with Gasteiger partial charge in [-0.25, -0.2) is 9.59 Å². The Labute approximate surface area is 158 Å². The highest BCUT2D eigenvalue weighted by Gasteiger charge is 2.33. The van der Waals surface area contributed by atoms with Crippen LogP contribution in [0.2, 0.25) is 0 Å². The van der Waals surface area contributed by atoms with Crippen LogP contribution in [-0.4, -0.2) is 29.6 Å². The Balaban J connectivity index is 1.93. The lowest BCUT2D eigenvalue weighted by molar-refractivity contribution is -0.383. The molecule has 1 aromatic carbocycles. The lowest BCUT2D eigenvalue weighted by atomic mass is 9.75. The van der Waals surface area contributed by atoms with Crippen molar-refractivity contribution in [3.63, 3.8) is 0 Å². The molecular weight excluding hydrogens is 352 g/mol. The molecule has 0 unspecified atom stereocenters. The summed E-state index contributed by atoms with van der Waals surface area (Å²) in [4.78, 5) is 34.4. The summed E-state index contributed by atoms with van der Waals surface area (Å²) < 4.78 is 10.5. The van der Waals surface area contributed by atoms with Crippen molar-refractivity contribution in [1.82, 2.24) is 0 Å². The predicted molar refractivity (Wildman–Crippen MR) is 99.0 cm³/mol. The maximum Gasteiger partial charge on any atom is 0.344 e. The molecule has 148 valence electrons. The predicted octanol–water partition coefficient (Wildman–Crippen LogP) is 3.34. The number of carbonyl (C=O) groups excluding carboxylic acids is 2. The monoisotopic (exact) mass is 378 g/mol. The van der Waals surface area contributed by atoms with Crippen molar-refractivity contribution in [3.8, 4) is 0 Å². The van der Waals surface area contributed by atoms with Gasteiger partial charge in [-0.2, -0.15) is 0 Å². The van der Waals surface area contributed by atoms with Gasteiger partial charge in [0, 0.05) is 6.07 Å². The van der Waals surface area contributed by atoms with Crippen molar-refractivity contribution >= 4 is 23.3 Å². The van der Waals surface area contributed by atoms with Gasteiger partial charge in [-0.15, -0.1) is 0 Å². The van der Waals surface area contributed by atoms with Crippen LogP contribution in [0.4, 0.5) is 11.4 Å². The number of ether oxygens (including phenoxy) is 2. The largest absolute Gasteiger partial charge is 0.460 e. The minimum atomic E-state index is -0.840. The van der Waals surface area contributed by atoms with E-state index in [0.29, 0.717) is 17.8 Å². The molecule has 1 aliphatic carbocycles. The van der Waals surface area contributed by atoms with E-state index in [1.54, 1.807) is 0 Å². The normalized spacial score (nSPS) is 22.3. The van der Waals surface area contributed by atoms with Crippen LogP contribution < -0.4 is 5.73 Å². The maximum atomic E-state index is 12.1. The van der Waals surface area contributed by atoms with Crippen LogP contribution in [-0.2, 0) is 14.3 Å². The maximum absolute atomic E-state index is 12.1. The topological polar surface area (TPSA) is 122 Å². The van der Waals surface area contributed by atoms with E-state index in [1.165, 1.54) is 12.1 Å². The quantitative estimate of drug-likeness (QED) is 0.348. The number of nitrogen functional groups attached to an aromatic ring is 1. The summed E-state index contributed by atoms with van der Waals surface area (Å²) >= 11 is 0. The van der Waals surface area contributed by atoms with Gasteiger partial charge in [-0.05, 0) is 42.7 Å². The fraction of sp³-hybridized carbons (Fsp3) is 0.579. The molecule has 1 aliphatic rings. The van der Waals surface area contributed by atoms with Gasteiger partial charge in [0.1, 0.15) is 11.8 Å². The van der Waals surface area contributed by atoms with Gasteiger partial charge >= 0.3 is 11.9 Å². The summed E-state index contributed by atoms with van der Waals surface area (Å²) in [5.74, 6) is -0.282. The molecule has 1 aromatic rings. The fourth-order valence-corrected chi connectivity index (χ4v) is 3.49. The van der Waals surface area contributed by atoms with E-state index in [2.05, 4.69) is 20.8 Å². The number of anilines is 1. The zero-order chi connectivity index (χ0) is 20.1. The van der Waals surface area contributed by atoms with Gasteiger partial charge in [0.25, 0.3) is 5.69 Å². The van der Waals surface area contributed by atoms with Crippen LogP contribution in [0.25, 0.3) is 0 Å². The molecule has 0 heterocycles. The van der Waals surface area contributed by atoms with E-state index in [9.17, 15) is 19.7 Å². The molecule has 3 atom stereocenters. The molecule has 0 saturated heterocycles. The smallest absolute Gasteiger partial charge is 0.344 e. The molecule has 1 saturated carbocycles. The number of rotatable bonds is 6. The van der Waals surface area contributed by atoms with Gasteiger partial charge in [-0.1, -0.05) is 27.2 Å². The van der Waals surface area contributed by atoms with Gasteiger partial charge in [-0.3, -0.25) is 10.1 Å². The zero-order valence-electron chi connectivity index (χ0n) is 15.8. The lowest BCUT2D eigenvalue weighted by Crippen LogP contribution is -2.36. The minimum absolute atomic E-state index is 0.0463. The molecule has 0 spiro atoms. The van der Waals surface area contributed by atoms with Crippen LogP contribution in [0.5, 0.6) is 0 Å². The van der Waals surface area contributed by atoms with E-state index in [4.69, 9.17) is 15.2 Å². The standard InChI is InChI=1S/C19H26N2O6/c1-11(2)14-6-4-12(3)8-17(14)27-18(22)10-26-19(23)13-5-7-15(20)16(9-13)21(24)25/h5,7,9,11-12,14,17H,4,6,8,10,20H2,1-3H3/t12-,14+,17+/m0/s1. The Morgan fingerprint density at radius 2 is 2.04 bits per heavy atom. The highest BCUT2D eigenvalue weighted by atomic mass is 16.6. The Morgan fingerprint density at radius 3 is 2.67 bits per heavy atom. The third-order valence-electron chi connectivity index (χ3n) is 5.03. The van der Waals surface area contributed by atoms with Crippen LogP contribution >= 0.6 is 0 Å². The zero-order valence-corrected chi connectivity index (χ0v) is 15.8. The number of nitro benzene ring substituents is 1. The van der Waals surface area contributed by atoms with Crippen molar-refractivity contribution in [3.05, 3.63) is 33.9 Å². The average Bonchev–Trinajstić information content (AvgIpc) is 2.59. The van der Waals surface area contributed by atoms with Crippen LogP contribution in [0.3, 0.4) is 0 Å². The first-order valence-corrected chi connectivity index (χ1v) is 9.09. The first-order valence-electron chi connectivity index (χ1n) is 9.09. The van der Waals surface area contributed by atoms with Crippen molar-refractivity contribution in [2.75, 3.05) is 12.3 Å². The number of benzene rings is 1. The Kier molecular flexibility index (Phi) is 6.76. The van der Waals surface area contributed by atoms with Crippen LogP contribution in [0, 0.1) is 27.9 Å². The SMILES string of the molecule is CC(C)[C@H]1CC[C@H](C)C[C@H]1OC(=O)COC(=O)c1ccc(N)c([N+](=O)[O-])c1. The number of esters is 2. The Morgan fingerprint density at radius 1 is 1.33 bits per heavy atom. The van der Waals surface area contributed by atoms with Crippen molar-refractivity contribution in [2.45, 2.75) is 46.1 Å². The molecular formula is C19H26N2O6. The van der Waals surface area contributed by atoms with E-state index in [-0.39, 0.29) is 23.0 Å². The van der Waals surface area contributed by atoms with Crippen molar-refractivity contribution in [1.29, 1.82) is 0 Å². The second-order valence-electron chi connectivity index (χ2n) is 7.46. The molecule has 2 rings (SSSR count). The van der Waals surface area contributed by atoms with E-state index >= 15 is 0 Å². The number of hydrogen-bond donors (Lipinski definition) is 1. The van der Waals surface area contributed by atoms with Crippen LogP contribution in [0.15, 0.2) is 18.2 Å². The summed E-state index contributed by atoms with van der Waals surface area (Å²) in [7, 11) is 0. The lowest BCUT2D eigenvalue weighted by Gasteiger charge is -2.36. The fourth-order valence-electron chi connectivity index (χ4n) is 3.49. The molecule has 0 aliphatic heterocycles. The second-order valence-corrected chi connectivity index (χ2v) is 7.46. The molecule has 0 aromatic heterocycles. The molecule has 1 fully saturated rings. The highest BCUT2D eigenvalue weighted by molar-refractivity contribution is 5.92. The summed E-state index contributed by atoms with van der Waals surface area (Å²) in [6.45, 7) is 5.81. The number of carbonyl (C=O) groups is 2. The number of nitrogens with two attached hydrogens (primary N) is 1. The third-order valence-corrected chi connectivity index (χ3v) is 5.03. The van der Waals surface area contributed by atoms with E-state index in [1.807, 2.05) is 0 Å². The van der Waals surface area contributed by atoms with Gasteiger partial charge in [0.2, 0.25) is 0 Å². The molecule has 8 heteroatoms. The molecule has 2 N–H and O–H groups in total. The molecule has 0 bridgehead atoms. The first kappa shape index (κ1) is 20.7. The van der Waals surface area contributed by atoms with Gasteiger partial charge < -0.3 is 15.2 Å². The number of nitrogens with zero attached hydrogens (tertiary/aromatic N) is 1. The third kappa shape index (κ3) is 5.42. The van der Waals surface area contributed by atoms with E-state index in [0.717, 1.165) is 25.3 Å². The summed E-state index contributed by atoms with van der Waals surface area (Å²) in [5, 5.41) is 10.9. The molecule has 27 heavy (non-hydrogen) atoms. The summed E-state index contributed by atoms with van der Waals surface area (Å²) in [5.41, 5.74) is 5.01. The van der Waals surface area contributed by atoms with Gasteiger partial charge in [0.15, 0.2) is 6.61 Å². The minimum Gasteiger partial charge on any atom is -0.460 e. The van der Waals surface area contributed by atoms with E-state index < -0.39 is 23.5 Å². The highest BCUT2D eigenvalue weighted by Crippen LogP contribution is 2.35. The first-order chi connectivity index (χ1) is 12.7. The summed E-state index contributed by atoms with van der Waals surface area (Å²) in [6, 6.07) is 3.60. The molecule has 8 nitrogen and oxygen atoms in total. The number of hydrogen-bond acceptors (Lipinski definition) is 7. The Hall–Kier alpha value is -2.64. The molecule has 0 radical (unpaired) electrons. The average molecular weight is 378 g/mol. The Bertz CT molecular complexity index is 718. The second kappa shape index (κ2) is 8.83.